The molecule has 0 bridgehead atoms. The average Bonchev–Trinajstić information content (AvgIpc) is 2.65. The molecule has 1 aromatic heterocycles. The van der Waals surface area contributed by atoms with Gasteiger partial charge in [0.25, 0.3) is 0 Å². The molecule has 0 aromatic carbocycles. The van der Waals surface area contributed by atoms with E-state index >= 15 is 0 Å². The molecule has 0 radical (unpaired) electrons. The Hall–Kier alpha value is -0.580. The maximum Gasteiger partial charge on any atom is 0.243 e. The first-order valence-corrected chi connectivity index (χ1v) is 7.02. The van der Waals surface area contributed by atoms with E-state index in [2.05, 4.69) is 0 Å². The molecule has 0 fully saturated rings. The minimum atomic E-state index is -0.118. The number of rotatable bonds is 6. The van der Waals surface area contributed by atoms with Gasteiger partial charge >= 0.3 is 0 Å². The highest BCUT2D eigenvalue weighted by Crippen LogP contribution is 2.30. The minimum Gasteiger partial charge on any atom is -0.361 e. The summed E-state index contributed by atoms with van der Waals surface area (Å²) in [6.45, 7) is 6.95. The number of anilines is 1. The van der Waals surface area contributed by atoms with E-state index < -0.39 is 0 Å². The van der Waals surface area contributed by atoms with Crippen molar-refractivity contribution < 1.29 is 9.53 Å². The highest BCUT2D eigenvalue weighted by atomic mass is 35.5. The third kappa shape index (κ3) is 3.69. The van der Waals surface area contributed by atoms with E-state index in [1.165, 1.54) is 0 Å². The maximum atomic E-state index is 11.8. The van der Waals surface area contributed by atoms with Gasteiger partial charge in [-0.05, 0) is 31.2 Å². The molecule has 96 valence electrons. The Bertz CT molecular complexity index is 359. The number of hydrogen-bond acceptors (Lipinski definition) is 3. The molecular formula is C12H18ClNO2S. The van der Waals surface area contributed by atoms with Gasteiger partial charge in [-0.3, -0.25) is 9.69 Å². The zero-order valence-corrected chi connectivity index (χ0v) is 12.0. The molecule has 0 aliphatic heterocycles. The van der Waals surface area contributed by atoms with Crippen LogP contribution in [0.15, 0.2) is 5.38 Å². The molecule has 0 atom stereocenters. The predicted octanol–water partition coefficient (Wildman–Crippen LogP) is 3.32. The van der Waals surface area contributed by atoms with E-state index in [1.807, 2.05) is 26.2 Å². The number of carbonyl (C=O) groups excluding carboxylic acids is 1. The Morgan fingerprint density at radius 2 is 2.24 bits per heavy atom. The molecule has 0 saturated carbocycles. The molecule has 0 unspecified atom stereocenters. The lowest BCUT2D eigenvalue weighted by Crippen LogP contribution is -2.34. The summed E-state index contributed by atoms with van der Waals surface area (Å²) in [7, 11) is 0. The number of thiophene rings is 1. The Balaban J connectivity index is 2.86. The summed E-state index contributed by atoms with van der Waals surface area (Å²) in [6, 6.07) is 0. The summed E-state index contributed by atoms with van der Waals surface area (Å²) < 4.78 is 5.45. The summed E-state index contributed by atoms with van der Waals surface area (Å²) in [5.41, 5.74) is 2.03. The van der Waals surface area contributed by atoms with Crippen LogP contribution in [-0.4, -0.2) is 25.1 Å². The van der Waals surface area contributed by atoms with Gasteiger partial charge in [-0.15, -0.1) is 22.9 Å². The molecule has 1 amide bonds. The summed E-state index contributed by atoms with van der Waals surface area (Å²) in [5.74, 6) is -0.142. The zero-order valence-electron chi connectivity index (χ0n) is 10.5. The van der Waals surface area contributed by atoms with Crippen LogP contribution in [0.1, 0.15) is 23.8 Å². The van der Waals surface area contributed by atoms with Crippen LogP contribution in [0.4, 0.5) is 5.69 Å². The maximum absolute atomic E-state index is 11.8. The normalized spacial score (nSPS) is 10.6. The summed E-state index contributed by atoms with van der Waals surface area (Å²) in [5, 5.41) is 2.04. The molecule has 1 heterocycles. The third-order valence-corrected chi connectivity index (χ3v) is 3.62. The number of nitrogens with zero attached hydrogens (tertiary/aromatic N) is 1. The first kappa shape index (κ1) is 14.5. The molecule has 0 N–H and O–H groups in total. The molecular weight excluding hydrogens is 258 g/mol. The molecule has 0 spiro atoms. The molecule has 0 saturated heterocycles. The van der Waals surface area contributed by atoms with Crippen molar-refractivity contribution in [1.29, 1.82) is 0 Å². The predicted molar refractivity (Wildman–Crippen MR) is 73.1 cm³/mol. The van der Waals surface area contributed by atoms with E-state index in [1.54, 1.807) is 16.2 Å². The second kappa shape index (κ2) is 6.99. The Labute approximate surface area is 111 Å². The van der Waals surface area contributed by atoms with E-state index in [4.69, 9.17) is 16.3 Å². The van der Waals surface area contributed by atoms with Crippen LogP contribution in [0.3, 0.4) is 0 Å². The van der Waals surface area contributed by atoms with Crippen LogP contribution in [0.5, 0.6) is 0 Å². The largest absolute Gasteiger partial charge is 0.361 e. The molecule has 3 nitrogen and oxygen atoms in total. The standard InChI is InChI=1S/C12H18ClNO2S/c1-4-5-16-8-14(11(15)6-13)12-9(2)7-17-10(12)3/h7H,4-6,8H2,1-3H3. The van der Waals surface area contributed by atoms with Crippen molar-refractivity contribution in [1.82, 2.24) is 0 Å². The lowest BCUT2D eigenvalue weighted by molar-refractivity contribution is -0.117. The van der Waals surface area contributed by atoms with Gasteiger partial charge in [-0.2, -0.15) is 0 Å². The highest BCUT2D eigenvalue weighted by molar-refractivity contribution is 7.10. The van der Waals surface area contributed by atoms with Crippen LogP contribution in [0.2, 0.25) is 0 Å². The number of ether oxygens (including phenoxy) is 1. The van der Waals surface area contributed by atoms with Crippen molar-refractivity contribution in [2.75, 3.05) is 24.1 Å². The molecule has 17 heavy (non-hydrogen) atoms. The molecule has 5 heteroatoms. The van der Waals surface area contributed by atoms with E-state index in [9.17, 15) is 4.79 Å². The van der Waals surface area contributed by atoms with Gasteiger partial charge in [0, 0.05) is 11.5 Å². The summed E-state index contributed by atoms with van der Waals surface area (Å²) >= 11 is 7.27. The number of aryl methyl sites for hydroxylation is 2. The van der Waals surface area contributed by atoms with Crippen molar-refractivity contribution in [3.05, 3.63) is 15.8 Å². The lowest BCUT2D eigenvalue weighted by atomic mass is 10.2. The van der Waals surface area contributed by atoms with Crippen LogP contribution in [-0.2, 0) is 9.53 Å². The van der Waals surface area contributed by atoms with Crippen molar-refractivity contribution in [2.45, 2.75) is 27.2 Å². The summed E-state index contributed by atoms with van der Waals surface area (Å²) in [6.07, 6.45) is 0.935. The van der Waals surface area contributed by atoms with Crippen LogP contribution >= 0.6 is 22.9 Å². The van der Waals surface area contributed by atoms with Crippen molar-refractivity contribution >= 4 is 34.5 Å². The fourth-order valence-corrected chi connectivity index (χ4v) is 2.59. The molecule has 0 aliphatic rings. The fraction of sp³-hybridized carbons (Fsp3) is 0.583. The van der Waals surface area contributed by atoms with Crippen molar-refractivity contribution in [3.63, 3.8) is 0 Å². The van der Waals surface area contributed by atoms with Gasteiger partial charge < -0.3 is 4.74 Å². The Kier molecular flexibility index (Phi) is 5.95. The number of alkyl halides is 1. The van der Waals surface area contributed by atoms with Crippen LogP contribution in [0.25, 0.3) is 0 Å². The Morgan fingerprint density at radius 3 is 2.71 bits per heavy atom. The third-order valence-electron chi connectivity index (χ3n) is 2.37. The van der Waals surface area contributed by atoms with Crippen LogP contribution in [0, 0.1) is 13.8 Å². The minimum absolute atomic E-state index is 0.0236. The monoisotopic (exact) mass is 275 g/mol. The van der Waals surface area contributed by atoms with E-state index in [-0.39, 0.29) is 18.5 Å². The van der Waals surface area contributed by atoms with Gasteiger partial charge in [0.05, 0.1) is 5.69 Å². The van der Waals surface area contributed by atoms with Gasteiger partial charge in [-0.25, -0.2) is 0 Å². The van der Waals surface area contributed by atoms with Crippen molar-refractivity contribution in [2.24, 2.45) is 0 Å². The fourth-order valence-electron chi connectivity index (χ4n) is 1.60. The number of carbonyl (C=O) groups is 1. The molecule has 1 rings (SSSR count). The van der Waals surface area contributed by atoms with E-state index in [0.29, 0.717) is 6.61 Å². The number of amides is 1. The first-order valence-electron chi connectivity index (χ1n) is 5.60. The number of halogens is 1. The van der Waals surface area contributed by atoms with Gasteiger partial charge in [-0.1, -0.05) is 6.92 Å². The zero-order chi connectivity index (χ0) is 12.8. The van der Waals surface area contributed by atoms with Gasteiger partial charge in [0.2, 0.25) is 5.91 Å². The summed E-state index contributed by atoms with van der Waals surface area (Å²) in [4.78, 5) is 14.6. The average molecular weight is 276 g/mol. The second-order valence-corrected chi connectivity index (χ2v) is 5.17. The van der Waals surface area contributed by atoms with Crippen LogP contribution < -0.4 is 4.90 Å². The van der Waals surface area contributed by atoms with Gasteiger partial charge in [0.1, 0.15) is 12.6 Å². The second-order valence-electron chi connectivity index (χ2n) is 3.82. The quantitative estimate of drug-likeness (QED) is 0.453. The van der Waals surface area contributed by atoms with Gasteiger partial charge in [0.15, 0.2) is 0 Å². The lowest BCUT2D eigenvalue weighted by Gasteiger charge is -2.22. The first-order chi connectivity index (χ1) is 8.11. The smallest absolute Gasteiger partial charge is 0.243 e. The Morgan fingerprint density at radius 1 is 1.53 bits per heavy atom. The van der Waals surface area contributed by atoms with E-state index in [0.717, 1.165) is 22.5 Å². The highest BCUT2D eigenvalue weighted by Gasteiger charge is 2.19. The van der Waals surface area contributed by atoms with Crippen molar-refractivity contribution in [3.8, 4) is 0 Å². The SMILES string of the molecule is CCCOCN(C(=O)CCl)c1c(C)csc1C. The molecule has 1 aromatic rings. The number of hydrogen-bond donors (Lipinski definition) is 0. The topological polar surface area (TPSA) is 29.5 Å². The molecule has 0 aliphatic carbocycles.